The van der Waals surface area contributed by atoms with E-state index in [9.17, 15) is 9.59 Å². The Morgan fingerprint density at radius 2 is 1.96 bits per heavy atom. The summed E-state index contributed by atoms with van der Waals surface area (Å²) in [6, 6.07) is 5.95. The summed E-state index contributed by atoms with van der Waals surface area (Å²) in [4.78, 5) is 29.3. The minimum atomic E-state index is -0.0417. The second-order valence-electron chi connectivity index (χ2n) is 8.43. The van der Waals surface area contributed by atoms with Crippen molar-refractivity contribution in [3.63, 3.8) is 0 Å². The molecule has 148 valence electrons. The molecule has 1 heterocycles. The van der Waals surface area contributed by atoms with Gasteiger partial charge in [0.15, 0.2) is 6.61 Å². The fraction of sp³-hybridized carbons (Fsp3) is 0.636. The maximum atomic E-state index is 12.8. The number of carbonyl (C=O) groups is 2. The highest BCUT2D eigenvalue weighted by molar-refractivity contribution is 5.81. The number of benzene rings is 1. The van der Waals surface area contributed by atoms with Gasteiger partial charge in [-0.25, -0.2) is 0 Å². The molecule has 1 atom stereocenters. The highest BCUT2D eigenvalue weighted by atomic mass is 16.5. The second-order valence-corrected chi connectivity index (χ2v) is 8.43. The van der Waals surface area contributed by atoms with Crippen LogP contribution in [0.4, 0.5) is 0 Å². The molecule has 0 N–H and O–H groups in total. The molecule has 1 aliphatic heterocycles. The van der Waals surface area contributed by atoms with Gasteiger partial charge in [0.05, 0.1) is 6.04 Å². The van der Waals surface area contributed by atoms with Crippen LogP contribution in [-0.4, -0.2) is 53.9 Å². The first-order chi connectivity index (χ1) is 12.8. The predicted molar refractivity (Wildman–Crippen MR) is 106 cm³/mol. The van der Waals surface area contributed by atoms with Crippen molar-refractivity contribution in [2.75, 3.05) is 26.2 Å². The predicted octanol–water partition coefficient (Wildman–Crippen LogP) is 3.18. The summed E-state index contributed by atoms with van der Waals surface area (Å²) < 4.78 is 5.73. The van der Waals surface area contributed by atoms with Gasteiger partial charge in [-0.1, -0.05) is 19.9 Å². The van der Waals surface area contributed by atoms with E-state index in [0.717, 1.165) is 12.1 Å². The van der Waals surface area contributed by atoms with Crippen molar-refractivity contribution < 1.29 is 14.3 Å². The molecule has 0 spiro atoms. The lowest BCUT2D eigenvalue weighted by Gasteiger charge is -2.34. The third-order valence-corrected chi connectivity index (χ3v) is 5.84. The number of nitrogens with zero attached hydrogens (tertiary/aromatic N) is 2. The van der Waals surface area contributed by atoms with Crippen LogP contribution in [0.15, 0.2) is 18.2 Å². The number of aryl methyl sites for hydroxylation is 2. The Bertz CT molecular complexity index is 697. The first kappa shape index (κ1) is 19.7. The molecule has 27 heavy (non-hydrogen) atoms. The number of rotatable bonds is 6. The van der Waals surface area contributed by atoms with Crippen LogP contribution in [0.25, 0.3) is 0 Å². The van der Waals surface area contributed by atoms with Gasteiger partial charge in [-0.15, -0.1) is 0 Å². The van der Waals surface area contributed by atoms with E-state index in [4.69, 9.17) is 4.74 Å². The molecule has 0 radical (unpaired) electrons. The molecule has 0 unspecified atom stereocenters. The van der Waals surface area contributed by atoms with E-state index >= 15 is 0 Å². The third kappa shape index (κ3) is 5.02. The zero-order valence-corrected chi connectivity index (χ0v) is 17.0. The molecule has 1 saturated carbocycles. The lowest BCUT2D eigenvalue weighted by molar-refractivity contribution is -0.135. The monoisotopic (exact) mass is 372 g/mol. The third-order valence-electron chi connectivity index (χ3n) is 5.84. The molecule has 1 aromatic carbocycles. The Balaban J connectivity index is 1.63. The molecule has 1 saturated heterocycles. The molecule has 2 amide bonds. The first-order valence-corrected chi connectivity index (χ1v) is 10.1. The summed E-state index contributed by atoms with van der Waals surface area (Å²) in [5.74, 6) is 1.84. The van der Waals surface area contributed by atoms with Crippen LogP contribution in [0, 0.1) is 25.7 Å². The standard InChI is InChI=1S/C22H32N2O3/c1-15(2)20-13-23(10-9-21(25)24(20)12-18-6-7-18)22(26)14-27-19-8-5-16(3)17(4)11-19/h5,8,11,15,18,20H,6-7,9-10,12-14H2,1-4H3/t20-/m1/s1. The van der Waals surface area contributed by atoms with Crippen LogP contribution in [0.3, 0.4) is 0 Å². The SMILES string of the molecule is Cc1ccc(OCC(=O)N2CCC(=O)N(CC3CC3)[C@@H](C(C)C)C2)cc1C. The Kier molecular flexibility index (Phi) is 6.08. The highest BCUT2D eigenvalue weighted by Crippen LogP contribution is 2.32. The van der Waals surface area contributed by atoms with Crippen LogP contribution >= 0.6 is 0 Å². The quantitative estimate of drug-likeness (QED) is 0.771. The van der Waals surface area contributed by atoms with Crippen molar-refractivity contribution in [2.45, 2.75) is 53.0 Å². The van der Waals surface area contributed by atoms with Crippen molar-refractivity contribution in [2.24, 2.45) is 11.8 Å². The molecule has 2 fully saturated rings. The Labute approximate surface area is 162 Å². The minimum Gasteiger partial charge on any atom is -0.484 e. The number of hydrogen-bond acceptors (Lipinski definition) is 3. The average Bonchev–Trinajstić information content (AvgIpc) is 3.45. The van der Waals surface area contributed by atoms with Crippen LogP contribution < -0.4 is 4.74 Å². The molecule has 5 nitrogen and oxygen atoms in total. The van der Waals surface area contributed by atoms with Crippen LogP contribution in [-0.2, 0) is 9.59 Å². The van der Waals surface area contributed by atoms with E-state index in [1.807, 2.05) is 34.9 Å². The zero-order chi connectivity index (χ0) is 19.6. The molecule has 5 heteroatoms. The maximum Gasteiger partial charge on any atom is 0.260 e. The Hall–Kier alpha value is -2.04. The summed E-state index contributed by atoms with van der Waals surface area (Å²) in [6.45, 7) is 10.3. The topological polar surface area (TPSA) is 49.9 Å². The fourth-order valence-corrected chi connectivity index (χ4v) is 3.63. The molecular weight excluding hydrogens is 340 g/mol. The number of carbonyl (C=O) groups excluding carboxylic acids is 2. The van der Waals surface area contributed by atoms with Gasteiger partial charge in [0.2, 0.25) is 5.91 Å². The fourth-order valence-electron chi connectivity index (χ4n) is 3.63. The maximum absolute atomic E-state index is 12.8. The first-order valence-electron chi connectivity index (χ1n) is 10.1. The van der Waals surface area contributed by atoms with Crippen molar-refractivity contribution >= 4 is 11.8 Å². The molecule has 1 aliphatic carbocycles. The van der Waals surface area contributed by atoms with Crippen LogP contribution in [0.2, 0.25) is 0 Å². The van der Waals surface area contributed by atoms with Crippen molar-refractivity contribution in [1.29, 1.82) is 0 Å². The molecule has 2 aliphatic rings. The van der Waals surface area contributed by atoms with Gasteiger partial charge in [-0.05, 0) is 61.8 Å². The zero-order valence-electron chi connectivity index (χ0n) is 17.0. The van der Waals surface area contributed by atoms with Gasteiger partial charge in [-0.3, -0.25) is 9.59 Å². The Morgan fingerprint density at radius 1 is 1.22 bits per heavy atom. The summed E-state index contributed by atoms with van der Waals surface area (Å²) >= 11 is 0. The number of ether oxygens (including phenoxy) is 1. The lowest BCUT2D eigenvalue weighted by Crippen LogP contribution is -2.48. The van der Waals surface area contributed by atoms with E-state index in [0.29, 0.717) is 37.1 Å². The van der Waals surface area contributed by atoms with Crippen molar-refractivity contribution in [3.8, 4) is 5.75 Å². The van der Waals surface area contributed by atoms with Gasteiger partial charge in [0.25, 0.3) is 5.91 Å². The van der Waals surface area contributed by atoms with E-state index in [2.05, 4.69) is 20.8 Å². The average molecular weight is 373 g/mol. The molecular formula is C22H32N2O3. The molecule has 1 aromatic rings. The van der Waals surface area contributed by atoms with E-state index in [-0.39, 0.29) is 24.5 Å². The van der Waals surface area contributed by atoms with Gasteiger partial charge in [0, 0.05) is 26.1 Å². The summed E-state index contributed by atoms with van der Waals surface area (Å²) in [6.07, 6.45) is 2.85. The van der Waals surface area contributed by atoms with Gasteiger partial charge in [0.1, 0.15) is 5.75 Å². The summed E-state index contributed by atoms with van der Waals surface area (Å²) in [5, 5.41) is 0. The smallest absolute Gasteiger partial charge is 0.260 e. The highest BCUT2D eigenvalue weighted by Gasteiger charge is 2.36. The van der Waals surface area contributed by atoms with Gasteiger partial charge < -0.3 is 14.5 Å². The minimum absolute atomic E-state index is 0.0180. The summed E-state index contributed by atoms with van der Waals surface area (Å²) in [5.41, 5.74) is 2.35. The Morgan fingerprint density at radius 3 is 2.59 bits per heavy atom. The molecule has 0 aromatic heterocycles. The second kappa shape index (κ2) is 8.32. The van der Waals surface area contributed by atoms with Gasteiger partial charge >= 0.3 is 0 Å². The number of hydrogen-bond donors (Lipinski definition) is 0. The van der Waals surface area contributed by atoms with E-state index in [1.54, 1.807) is 0 Å². The van der Waals surface area contributed by atoms with Crippen LogP contribution in [0.5, 0.6) is 5.75 Å². The van der Waals surface area contributed by atoms with E-state index < -0.39 is 0 Å². The van der Waals surface area contributed by atoms with E-state index in [1.165, 1.54) is 18.4 Å². The molecule has 3 rings (SSSR count). The lowest BCUT2D eigenvalue weighted by atomic mass is 10.0. The number of amides is 2. The molecule has 0 bridgehead atoms. The van der Waals surface area contributed by atoms with Crippen molar-refractivity contribution in [3.05, 3.63) is 29.3 Å². The summed E-state index contributed by atoms with van der Waals surface area (Å²) in [7, 11) is 0. The largest absolute Gasteiger partial charge is 0.484 e. The van der Waals surface area contributed by atoms with Gasteiger partial charge in [-0.2, -0.15) is 0 Å². The van der Waals surface area contributed by atoms with Crippen LogP contribution in [0.1, 0.15) is 44.2 Å². The van der Waals surface area contributed by atoms with Crippen molar-refractivity contribution in [1.82, 2.24) is 9.80 Å². The normalized spacial score (nSPS) is 20.8.